The molecule has 0 bridgehead atoms. The minimum absolute atomic E-state index is 0.107. The van der Waals surface area contributed by atoms with Crippen molar-refractivity contribution in [3.05, 3.63) is 51.7 Å². The molecule has 3 rings (SSSR count). The summed E-state index contributed by atoms with van der Waals surface area (Å²) in [6.07, 6.45) is 1.79. The molecule has 2 aromatic rings. The van der Waals surface area contributed by atoms with E-state index in [1.54, 1.807) is 35.6 Å². The molecule has 1 aliphatic rings. The topological polar surface area (TPSA) is 58.6 Å². The lowest BCUT2D eigenvalue weighted by Crippen LogP contribution is -2.41. The van der Waals surface area contributed by atoms with Crippen LogP contribution in [0.5, 0.6) is 0 Å². The Morgan fingerprint density at radius 1 is 1.29 bits per heavy atom. The number of carbonyl (C=O) groups excluding carboxylic acids is 2. The Morgan fingerprint density at radius 2 is 2.04 bits per heavy atom. The van der Waals surface area contributed by atoms with Crippen LogP contribution in [0.2, 0.25) is 0 Å². The molecular formula is C18H20N2O3S. The van der Waals surface area contributed by atoms with E-state index in [9.17, 15) is 9.59 Å². The van der Waals surface area contributed by atoms with Crippen molar-refractivity contribution in [2.24, 2.45) is 0 Å². The molecule has 126 valence electrons. The zero-order valence-corrected chi connectivity index (χ0v) is 14.6. The van der Waals surface area contributed by atoms with Crippen LogP contribution in [0.25, 0.3) is 0 Å². The molecule has 1 N–H and O–H groups in total. The lowest BCUT2D eigenvalue weighted by Gasteiger charge is -2.35. The van der Waals surface area contributed by atoms with E-state index in [4.69, 9.17) is 0 Å². The highest BCUT2D eigenvalue weighted by atomic mass is 32.1. The second-order valence-electron chi connectivity index (χ2n) is 5.67. The quantitative estimate of drug-likeness (QED) is 0.854. The number of hydrogen-bond acceptors (Lipinski definition) is 4. The molecule has 6 heteroatoms. The molecule has 0 fully saturated rings. The number of thiophene rings is 1. The Labute approximate surface area is 145 Å². The summed E-state index contributed by atoms with van der Waals surface area (Å²) in [6, 6.07) is 8.85. The molecule has 0 radical (unpaired) electrons. The first-order chi connectivity index (χ1) is 11.6. The largest absolute Gasteiger partial charge is 0.465 e. The maximum absolute atomic E-state index is 12.7. The van der Waals surface area contributed by atoms with Crippen molar-refractivity contribution in [3.8, 4) is 0 Å². The van der Waals surface area contributed by atoms with Crippen molar-refractivity contribution in [2.75, 3.05) is 19.0 Å². The van der Waals surface area contributed by atoms with Gasteiger partial charge in [0.05, 0.1) is 18.7 Å². The predicted molar refractivity (Wildman–Crippen MR) is 94.6 cm³/mol. The number of benzene rings is 1. The number of rotatable bonds is 3. The van der Waals surface area contributed by atoms with E-state index >= 15 is 0 Å². The second kappa shape index (κ2) is 7.05. The second-order valence-corrected chi connectivity index (χ2v) is 6.67. The number of nitrogens with zero attached hydrogens (tertiary/aromatic N) is 1. The van der Waals surface area contributed by atoms with E-state index in [2.05, 4.69) is 28.4 Å². The number of ether oxygens (including phenoxy) is 1. The fourth-order valence-corrected chi connectivity index (χ4v) is 4.01. The summed E-state index contributed by atoms with van der Waals surface area (Å²) in [5.74, 6) is -0.389. The fraction of sp³-hybridized carbons (Fsp3) is 0.333. The Morgan fingerprint density at radius 3 is 2.71 bits per heavy atom. The Kier molecular flexibility index (Phi) is 4.85. The van der Waals surface area contributed by atoms with Crippen molar-refractivity contribution < 1.29 is 14.3 Å². The van der Waals surface area contributed by atoms with Gasteiger partial charge in [-0.15, -0.1) is 11.3 Å². The molecule has 1 aromatic heterocycles. The molecule has 0 aliphatic carbocycles. The number of fused-ring (bicyclic) bond motifs is 1. The molecule has 1 unspecified atom stereocenters. The highest BCUT2D eigenvalue weighted by Gasteiger charge is 2.30. The first-order valence-electron chi connectivity index (χ1n) is 7.96. The first kappa shape index (κ1) is 16.5. The number of esters is 1. The maximum atomic E-state index is 12.7. The summed E-state index contributed by atoms with van der Waals surface area (Å²) in [5.41, 5.74) is 2.39. The third-order valence-electron chi connectivity index (χ3n) is 4.30. The van der Waals surface area contributed by atoms with Crippen LogP contribution in [0.4, 0.5) is 10.5 Å². The monoisotopic (exact) mass is 344 g/mol. The van der Waals surface area contributed by atoms with Crippen LogP contribution in [0, 0.1) is 0 Å². The fourth-order valence-electron chi connectivity index (χ4n) is 3.08. The normalized spacial score (nSPS) is 16.4. The molecule has 24 heavy (non-hydrogen) atoms. The van der Waals surface area contributed by atoms with Crippen molar-refractivity contribution in [2.45, 2.75) is 25.8 Å². The van der Waals surface area contributed by atoms with E-state index in [-0.39, 0.29) is 18.0 Å². The molecule has 0 saturated carbocycles. The average Bonchev–Trinajstić information content (AvgIpc) is 3.09. The van der Waals surface area contributed by atoms with Gasteiger partial charge < -0.3 is 15.0 Å². The van der Waals surface area contributed by atoms with Crippen LogP contribution in [0.1, 0.15) is 40.2 Å². The standard InChI is InChI=1S/C18H20N2O3S/c1-3-15-14-9-11-24-16(14)8-10-20(15)18(22)19-13-6-4-12(5-7-13)17(21)23-2/h4-7,9,11,15H,3,8,10H2,1-2H3,(H,19,22). The van der Waals surface area contributed by atoms with Gasteiger partial charge in [-0.05, 0) is 54.1 Å². The van der Waals surface area contributed by atoms with Crippen molar-refractivity contribution >= 4 is 29.0 Å². The van der Waals surface area contributed by atoms with Gasteiger partial charge in [0.1, 0.15) is 0 Å². The van der Waals surface area contributed by atoms with Crippen molar-refractivity contribution in [1.82, 2.24) is 4.90 Å². The summed E-state index contributed by atoms with van der Waals surface area (Å²) < 4.78 is 4.67. The zero-order chi connectivity index (χ0) is 17.1. The Hall–Kier alpha value is -2.34. The lowest BCUT2D eigenvalue weighted by molar-refractivity contribution is 0.0601. The van der Waals surface area contributed by atoms with Crippen molar-refractivity contribution in [1.29, 1.82) is 0 Å². The van der Waals surface area contributed by atoms with Gasteiger partial charge in [0.2, 0.25) is 0 Å². The van der Waals surface area contributed by atoms with Gasteiger partial charge in [0.25, 0.3) is 0 Å². The smallest absolute Gasteiger partial charge is 0.337 e. The molecule has 0 saturated heterocycles. The van der Waals surface area contributed by atoms with Gasteiger partial charge in [-0.1, -0.05) is 6.92 Å². The van der Waals surface area contributed by atoms with Crippen molar-refractivity contribution in [3.63, 3.8) is 0 Å². The van der Waals surface area contributed by atoms with E-state index in [1.807, 2.05) is 4.90 Å². The lowest BCUT2D eigenvalue weighted by atomic mass is 9.98. The van der Waals surface area contributed by atoms with Gasteiger partial charge >= 0.3 is 12.0 Å². The first-order valence-corrected chi connectivity index (χ1v) is 8.84. The van der Waals surface area contributed by atoms with Crippen LogP contribution < -0.4 is 5.32 Å². The third kappa shape index (κ3) is 3.14. The van der Waals surface area contributed by atoms with Crippen LogP contribution in [-0.4, -0.2) is 30.6 Å². The summed E-state index contributed by atoms with van der Waals surface area (Å²) >= 11 is 1.77. The van der Waals surface area contributed by atoms with Crippen LogP contribution in [-0.2, 0) is 11.2 Å². The highest BCUT2D eigenvalue weighted by molar-refractivity contribution is 7.10. The minimum Gasteiger partial charge on any atom is -0.465 e. The molecule has 1 aromatic carbocycles. The molecule has 0 spiro atoms. The predicted octanol–water partition coefficient (Wildman–Crippen LogP) is 4.08. The van der Waals surface area contributed by atoms with Gasteiger partial charge in [0, 0.05) is 17.1 Å². The third-order valence-corrected chi connectivity index (χ3v) is 5.30. The Balaban J connectivity index is 1.72. The molecule has 1 atom stereocenters. The van der Waals surface area contributed by atoms with E-state index in [0.29, 0.717) is 11.3 Å². The number of methoxy groups -OCH3 is 1. The number of hydrogen-bond donors (Lipinski definition) is 1. The summed E-state index contributed by atoms with van der Waals surface area (Å²) in [6.45, 7) is 2.82. The molecule has 2 heterocycles. The van der Waals surface area contributed by atoms with Crippen LogP contribution >= 0.6 is 11.3 Å². The minimum atomic E-state index is -0.389. The number of nitrogens with one attached hydrogen (secondary N) is 1. The summed E-state index contributed by atoms with van der Waals surface area (Å²) in [5, 5.41) is 5.02. The van der Waals surface area contributed by atoms with Crippen LogP contribution in [0.15, 0.2) is 35.7 Å². The van der Waals surface area contributed by atoms with E-state index in [1.165, 1.54) is 17.6 Å². The molecule has 5 nitrogen and oxygen atoms in total. The SMILES string of the molecule is CCC1c2ccsc2CCN1C(=O)Nc1ccc(C(=O)OC)cc1. The van der Waals surface area contributed by atoms with Gasteiger partial charge in [-0.25, -0.2) is 9.59 Å². The molecule has 1 aliphatic heterocycles. The number of carbonyl (C=O) groups is 2. The van der Waals surface area contributed by atoms with E-state index < -0.39 is 0 Å². The van der Waals surface area contributed by atoms with E-state index in [0.717, 1.165) is 19.4 Å². The highest BCUT2D eigenvalue weighted by Crippen LogP contribution is 2.35. The Bertz CT molecular complexity index is 739. The zero-order valence-electron chi connectivity index (χ0n) is 13.7. The molecule has 2 amide bonds. The van der Waals surface area contributed by atoms with Gasteiger partial charge in [-0.3, -0.25) is 0 Å². The van der Waals surface area contributed by atoms with Gasteiger partial charge in [0.15, 0.2) is 0 Å². The maximum Gasteiger partial charge on any atom is 0.337 e. The van der Waals surface area contributed by atoms with Crippen LogP contribution in [0.3, 0.4) is 0 Å². The molecular weight excluding hydrogens is 324 g/mol. The number of amides is 2. The average molecular weight is 344 g/mol. The summed E-state index contributed by atoms with van der Waals surface area (Å²) in [4.78, 5) is 27.4. The van der Waals surface area contributed by atoms with Gasteiger partial charge in [-0.2, -0.15) is 0 Å². The number of anilines is 1. The number of urea groups is 1. The summed E-state index contributed by atoms with van der Waals surface area (Å²) in [7, 11) is 1.35.